The maximum Gasteiger partial charge on any atom is 1.00 e. The van der Waals surface area contributed by atoms with Crippen molar-refractivity contribution in [2.45, 2.75) is 38.7 Å². The number of nitrogens with one attached hydrogen (secondary N) is 1. The summed E-state index contributed by atoms with van der Waals surface area (Å²) in [6, 6.07) is 2.79. The molecule has 11 heteroatoms. The number of aromatic hydroxyl groups is 1. The van der Waals surface area contributed by atoms with Gasteiger partial charge in [0.1, 0.15) is 17.2 Å². The summed E-state index contributed by atoms with van der Waals surface area (Å²) in [4.78, 5) is 39.4. The van der Waals surface area contributed by atoms with Gasteiger partial charge < -0.3 is 24.6 Å². The molecule has 0 spiro atoms. The fourth-order valence-corrected chi connectivity index (χ4v) is 3.76. The molecule has 8 nitrogen and oxygen atoms in total. The number of amides is 2. The molecule has 2 aliphatic rings. The molecule has 0 aliphatic carbocycles. The fraction of sp³-hybridized carbons (Fsp3) is 0.350. The van der Waals surface area contributed by atoms with Crippen LogP contribution in [0.5, 0.6) is 5.75 Å². The number of benzene rings is 1. The maximum atomic E-state index is 13.8. The first-order valence-corrected chi connectivity index (χ1v) is 9.40. The molecule has 3 heterocycles. The molecule has 0 radical (unpaired) electrons. The zero-order valence-electron chi connectivity index (χ0n) is 17.0. The van der Waals surface area contributed by atoms with Crippen LogP contribution in [0.2, 0.25) is 0 Å². The summed E-state index contributed by atoms with van der Waals surface area (Å²) in [5.41, 5.74) is -1.57. The predicted molar refractivity (Wildman–Crippen MR) is 99.9 cm³/mol. The van der Waals surface area contributed by atoms with E-state index >= 15 is 0 Å². The number of hydrogen-bond donors (Lipinski definition) is 2. The summed E-state index contributed by atoms with van der Waals surface area (Å²) in [5.74, 6) is -3.82. The van der Waals surface area contributed by atoms with E-state index in [0.717, 1.165) is 6.07 Å². The van der Waals surface area contributed by atoms with Crippen molar-refractivity contribution < 1.29 is 57.8 Å². The maximum absolute atomic E-state index is 13.8. The standard InChI is InChI=1S/C20H19F2N3O5.Na/c1-10-4-5-30-15-9-24-8-13(17(26)18(27)16(24)20(29)25(10)15)19(28)23-7-11-2-3-12(21)6-14(11)22;/h2-3,6,8,10,15,27H,4-5,7,9H2,1H3,(H,23,28);/q;+1/t10-,15-;/m1./s1. The molecular formula is C20H19F2N3NaO5+. The largest absolute Gasteiger partial charge is 1.00 e. The van der Waals surface area contributed by atoms with Crippen molar-refractivity contribution in [2.75, 3.05) is 6.61 Å². The molecule has 1 aromatic carbocycles. The molecule has 2 amide bonds. The molecule has 2 aromatic rings. The summed E-state index contributed by atoms with van der Waals surface area (Å²) in [5, 5.41) is 12.7. The minimum Gasteiger partial charge on any atom is -0.503 e. The Morgan fingerprint density at radius 3 is 2.77 bits per heavy atom. The van der Waals surface area contributed by atoms with Crippen molar-refractivity contribution in [3.8, 4) is 5.75 Å². The number of pyridine rings is 1. The molecule has 0 unspecified atom stereocenters. The van der Waals surface area contributed by atoms with Gasteiger partial charge in [0.15, 0.2) is 17.7 Å². The first kappa shape index (κ1) is 23.4. The van der Waals surface area contributed by atoms with Crippen molar-refractivity contribution in [3.63, 3.8) is 0 Å². The second-order valence-electron chi connectivity index (χ2n) is 7.32. The van der Waals surface area contributed by atoms with Crippen LogP contribution in [0.25, 0.3) is 0 Å². The summed E-state index contributed by atoms with van der Waals surface area (Å²) in [6.45, 7) is 2.18. The molecule has 1 saturated heterocycles. The van der Waals surface area contributed by atoms with Gasteiger partial charge in [-0.15, -0.1) is 0 Å². The van der Waals surface area contributed by atoms with Gasteiger partial charge in [0, 0.05) is 30.4 Å². The number of aromatic nitrogens is 1. The van der Waals surface area contributed by atoms with Gasteiger partial charge in [-0.2, -0.15) is 0 Å². The molecule has 4 rings (SSSR count). The first-order chi connectivity index (χ1) is 14.3. The van der Waals surface area contributed by atoms with E-state index in [0.29, 0.717) is 19.1 Å². The van der Waals surface area contributed by atoms with Crippen molar-refractivity contribution in [1.29, 1.82) is 0 Å². The fourth-order valence-electron chi connectivity index (χ4n) is 3.76. The van der Waals surface area contributed by atoms with Gasteiger partial charge in [0.25, 0.3) is 11.8 Å². The van der Waals surface area contributed by atoms with Crippen LogP contribution in [0.1, 0.15) is 39.8 Å². The second kappa shape index (κ2) is 9.07. The molecule has 2 N–H and O–H groups in total. The van der Waals surface area contributed by atoms with Crippen molar-refractivity contribution in [1.82, 2.24) is 14.8 Å². The summed E-state index contributed by atoms with van der Waals surface area (Å²) < 4.78 is 33.7. The van der Waals surface area contributed by atoms with E-state index in [1.165, 1.54) is 21.7 Å². The number of carbonyl (C=O) groups is 2. The average molecular weight is 442 g/mol. The van der Waals surface area contributed by atoms with Gasteiger partial charge in [-0.05, 0) is 19.4 Å². The Bertz CT molecular complexity index is 1110. The van der Waals surface area contributed by atoms with E-state index < -0.39 is 46.4 Å². The molecule has 31 heavy (non-hydrogen) atoms. The van der Waals surface area contributed by atoms with Gasteiger partial charge in [0.2, 0.25) is 5.43 Å². The number of ether oxygens (including phenoxy) is 1. The van der Waals surface area contributed by atoms with Crippen LogP contribution in [-0.2, 0) is 17.8 Å². The molecule has 1 aromatic heterocycles. The van der Waals surface area contributed by atoms with E-state index in [2.05, 4.69) is 5.32 Å². The predicted octanol–water partition coefficient (Wildman–Crippen LogP) is -1.64. The van der Waals surface area contributed by atoms with Crippen molar-refractivity contribution in [3.05, 3.63) is 63.1 Å². The van der Waals surface area contributed by atoms with Crippen LogP contribution in [0.3, 0.4) is 0 Å². The summed E-state index contributed by atoms with van der Waals surface area (Å²) >= 11 is 0. The van der Waals surface area contributed by atoms with Crippen LogP contribution in [0.4, 0.5) is 8.78 Å². The average Bonchev–Trinajstić information content (AvgIpc) is 2.69. The second-order valence-corrected chi connectivity index (χ2v) is 7.32. The van der Waals surface area contributed by atoms with Gasteiger partial charge in [-0.1, -0.05) is 6.07 Å². The van der Waals surface area contributed by atoms with Gasteiger partial charge >= 0.3 is 29.6 Å². The van der Waals surface area contributed by atoms with Crippen LogP contribution >= 0.6 is 0 Å². The van der Waals surface area contributed by atoms with Crippen LogP contribution in [-0.4, -0.2) is 45.3 Å². The Hall–Kier alpha value is -2.27. The van der Waals surface area contributed by atoms with Gasteiger partial charge in [0.05, 0.1) is 13.2 Å². The third-order valence-electron chi connectivity index (χ3n) is 5.38. The van der Waals surface area contributed by atoms with E-state index in [4.69, 9.17) is 4.74 Å². The Kier molecular flexibility index (Phi) is 6.85. The normalized spacial score (nSPS) is 19.8. The SMILES string of the molecule is C[C@@H]1CCO[C@@H]2Cn3cc(C(=O)NCc4ccc(F)cc4F)c(=O)c(O)c3C(=O)N12.[Na+]. The zero-order chi connectivity index (χ0) is 21.6. The molecule has 158 valence electrons. The van der Waals surface area contributed by atoms with Crippen molar-refractivity contribution >= 4 is 11.8 Å². The Morgan fingerprint density at radius 1 is 1.32 bits per heavy atom. The Balaban J connectivity index is 0.00000272. The minimum absolute atomic E-state index is 0. The number of nitrogens with zero attached hydrogens (tertiary/aromatic N) is 2. The monoisotopic (exact) mass is 442 g/mol. The number of halogens is 2. The van der Waals surface area contributed by atoms with E-state index in [-0.39, 0.29) is 59.9 Å². The minimum atomic E-state index is -1.00. The number of hydrogen-bond acceptors (Lipinski definition) is 5. The van der Waals surface area contributed by atoms with Crippen LogP contribution in [0, 0.1) is 11.6 Å². The molecular weight excluding hydrogens is 423 g/mol. The summed E-state index contributed by atoms with van der Waals surface area (Å²) in [7, 11) is 0. The van der Waals surface area contributed by atoms with E-state index in [1.807, 2.05) is 6.92 Å². The molecule has 2 atom stereocenters. The third kappa shape index (κ3) is 4.25. The number of carbonyl (C=O) groups excluding carboxylic acids is 2. The number of fused-ring (bicyclic) bond motifs is 2. The van der Waals surface area contributed by atoms with Gasteiger partial charge in [-0.25, -0.2) is 8.78 Å². The topological polar surface area (TPSA) is 101 Å². The quantitative estimate of drug-likeness (QED) is 0.556. The molecule has 1 fully saturated rings. The van der Waals surface area contributed by atoms with E-state index in [9.17, 15) is 28.3 Å². The third-order valence-corrected chi connectivity index (χ3v) is 5.38. The molecule has 2 aliphatic heterocycles. The zero-order valence-corrected chi connectivity index (χ0v) is 19.0. The van der Waals surface area contributed by atoms with Crippen molar-refractivity contribution in [2.24, 2.45) is 0 Å². The number of rotatable bonds is 3. The molecule has 0 bridgehead atoms. The smallest absolute Gasteiger partial charge is 0.503 e. The van der Waals surface area contributed by atoms with Crippen LogP contribution in [0.15, 0.2) is 29.2 Å². The molecule has 0 saturated carbocycles. The summed E-state index contributed by atoms with van der Waals surface area (Å²) in [6.07, 6.45) is 1.25. The van der Waals surface area contributed by atoms with Gasteiger partial charge in [-0.3, -0.25) is 14.4 Å². The first-order valence-electron chi connectivity index (χ1n) is 9.40. The Labute approximate surface area is 198 Å². The Morgan fingerprint density at radius 2 is 2.06 bits per heavy atom. The van der Waals surface area contributed by atoms with Crippen LogP contribution < -0.4 is 40.3 Å². The van der Waals surface area contributed by atoms with E-state index in [1.54, 1.807) is 0 Å².